The molecule has 286 valence electrons. The first-order valence-corrected chi connectivity index (χ1v) is 18.6. The van der Waals surface area contributed by atoms with E-state index >= 15 is 0 Å². The van der Waals surface area contributed by atoms with E-state index in [0.717, 1.165) is 56.9 Å². The lowest BCUT2D eigenvalue weighted by Crippen LogP contribution is -2.33. The Hall–Kier alpha value is -5.92. The van der Waals surface area contributed by atoms with Gasteiger partial charge < -0.3 is 41.5 Å². The van der Waals surface area contributed by atoms with Gasteiger partial charge in [-0.15, -0.1) is 0 Å². The lowest BCUT2D eigenvalue weighted by atomic mass is 10.1. The van der Waals surface area contributed by atoms with Crippen LogP contribution in [0, 0.1) is 5.41 Å². The number of anilines is 2. The second kappa shape index (κ2) is 19.2. The average molecular weight is 739 g/mol. The number of nitrogens with one attached hydrogen (secondary N) is 5. The Morgan fingerprint density at radius 3 is 2.22 bits per heavy atom. The Morgan fingerprint density at radius 1 is 0.833 bits per heavy atom. The predicted octanol–water partition coefficient (Wildman–Crippen LogP) is 4.48. The number of hydrogen-bond acceptors (Lipinski definition) is 7. The number of benzene rings is 3. The van der Waals surface area contributed by atoms with Gasteiger partial charge in [-0.25, -0.2) is 0 Å². The van der Waals surface area contributed by atoms with E-state index in [1.807, 2.05) is 17.0 Å². The molecule has 7 N–H and O–H groups in total. The van der Waals surface area contributed by atoms with E-state index in [4.69, 9.17) is 15.9 Å². The quantitative estimate of drug-likeness (QED) is 0.0588. The Kier molecular flexibility index (Phi) is 14.0. The molecule has 0 saturated heterocycles. The van der Waals surface area contributed by atoms with Gasteiger partial charge in [0.1, 0.15) is 5.75 Å². The number of fused-ring (bicyclic) bond motifs is 1. The van der Waals surface area contributed by atoms with Gasteiger partial charge in [-0.05, 0) is 98.7 Å². The molecule has 2 aliphatic rings. The molecule has 0 radical (unpaired) electrons. The molecule has 0 bridgehead atoms. The number of nitrogens with two attached hydrogens (primary N) is 1. The van der Waals surface area contributed by atoms with Crippen LogP contribution in [0.15, 0.2) is 66.7 Å². The summed E-state index contributed by atoms with van der Waals surface area (Å²) in [5.74, 6) is -0.277. The van der Waals surface area contributed by atoms with Crippen molar-refractivity contribution in [3.8, 4) is 5.75 Å². The van der Waals surface area contributed by atoms with E-state index in [-0.39, 0.29) is 48.1 Å². The first kappa shape index (κ1) is 39.3. The molecular formula is C40H50N8O6. The highest BCUT2D eigenvalue weighted by atomic mass is 16.5. The minimum atomic E-state index is -0.285. The topological polar surface area (TPSA) is 199 Å². The summed E-state index contributed by atoms with van der Waals surface area (Å²) < 4.78 is 5.50. The Balaban J connectivity index is 1.00. The van der Waals surface area contributed by atoms with Crippen molar-refractivity contribution in [3.05, 3.63) is 89.0 Å². The second-order valence-corrected chi connectivity index (χ2v) is 13.7. The number of carbonyl (C=O) groups excluding carboxylic acids is 5. The maximum Gasteiger partial charge on any atom is 0.262 e. The Labute approximate surface area is 315 Å². The van der Waals surface area contributed by atoms with Gasteiger partial charge in [-0.3, -0.25) is 29.4 Å². The van der Waals surface area contributed by atoms with Crippen molar-refractivity contribution in [1.82, 2.24) is 20.4 Å². The molecule has 5 rings (SSSR count). The number of guanidine groups is 1. The van der Waals surface area contributed by atoms with Crippen LogP contribution in [-0.2, 0) is 16.1 Å². The van der Waals surface area contributed by atoms with Gasteiger partial charge in [0.2, 0.25) is 5.91 Å². The molecule has 1 heterocycles. The molecular weight excluding hydrogens is 688 g/mol. The van der Waals surface area contributed by atoms with Gasteiger partial charge in [0, 0.05) is 68.1 Å². The Bertz CT molecular complexity index is 1810. The normalized spacial score (nSPS) is 13.1. The largest absolute Gasteiger partial charge is 0.482 e. The maximum absolute atomic E-state index is 13.5. The molecule has 3 aromatic rings. The fourth-order valence-electron chi connectivity index (χ4n) is 6.08. The third-order valence-electron chi connectivity index (χ3n) is 9.30. The highest BCUT2D eigenvalue weighted by Gasteiger charge is 2.33. The number of amides is 5. The van der Waals surface area contributed by atoms with Gasteiger partial charge in [-0.1, -0.05) is 25.0 Å². The number of unbranched alkanes of at least 4 members (excludes halogenated alkanes) is 4. The van der Waals surface area contributed by atoms with Crippen LogP contribution in [-0.4, -0.2) is 84.6 Å². The summed E-state index contributed by atoms with van der Waals surface area (Å²) in [7, 11) is 1.78. The van der Waals surface area contributed by atoms with E-state index in [0.29, 0.717) is 66.4 Å². The van der Waals surface area contributed by atoms with Crippen molar-refractivity contribution in [3.63, 3.8) is 0 Å². The molecule has 54 heavy (non-hydrogen) atoms. The van der Waals surface area contributed by atoms with Gasteiger partial charge >= 0.3 is 0 Å². The van der Waals surface area contributed by atoms with E-state index < -0.39 is 0 Å². The number of nitrogens with zero attached hydrogens (tertiary/aromatic N) is 2. The standard InChI is InChI=1S/C40H50N8O6/c1-47(23-7-3-2-5-21-43-35(49)8-4-6-22-44-40(41)42)38(52)29-13-16-31(17-14-29)45-37(51)28-11-9-27(10-12-28)25-48(32-18-19-32)39(53)30-15-20-33-34(24-30)54-26-36(50)46-33/h9-17,20,24,32H,2-8,18-19,21-23,25-26H2,1H3,(H,43,49)(H,45,51)(H,46,50)(H4,41,42,44). The molecule has 1 saturated carbocycles. The number of ether oxygens (including phenoxy) is 1. The molecule has 1 fully saturated rings. The van der Waals surface area contributed by atoms with Gasteiger partial charge in [0.25, 0.3) is 23.6 Å². The van der Waals surface area contributed by atoms with Crippen molar-refractivity contribution in [2.45, 2.75) is 70.4 Å². The summed E-state index contributed by atoms with van der Waals surface area (Å²) in [5.41, 5.74) is 8.73. The second-order valence-electron chi connectivity index (χ2n) is 13.7. The number of hydrogen-bond donors (Lipinski definition) is 6. The average Bonchev–Trinajstić information content (AvgIpc) is 4.01. The zero-order valence-corrected chi connectivity index (χ0v) is 30.7. The summed E-state index contributed by atoms with van der Waals surface area (Å²) in [6.45, 7) is 2.15. The van der Waals surface area contributed by atoms with Crippen molar-refractivity contribution >= 4 is 46.9 Å². The zero-order valence-electron chi connectivity index (χ0n) is 30.7. The maximum atomic E-state index is 13.5. The summed E-state index contributed by atoms with van der Waals surface area (Å²) in [6, 6.07) is 19.2. The first-order chi connectivity index (χ1) is 26.1. The lowest BCUT2D eigenvalue weighted by Gasteiger charge is -2.24. The smallest absolute Gasteiger partial charge is 0.262 e. The predicted molar refractivity (Wildman–Crippen MR) is 207 cm³/mol. The van der Waals surface area contributed by atoms with Crippen molar-refractivity contribution < 1.29 is 28.7 Å². The van der Waals surface area contributed by atoms with E-state index in [1.54, 1.807) is 66.5 Å². The number of rotatable bonds is 19. The van der Waals surface area contributed by atoms with Crippen LogP contribution >= 0.6 is 0 Å². The third-order valence-corrected chi connectivity index (χ3v) is 9.30. The van der Waals surface area contributed by atoms with Gasteiger partial charge in [0.15, 0.2) is 12.6 Å². The van der Waals surface area contributed by atoms with E-state index in [9.17, 15) is 24.0 Å². The minimum absolute atomic E-state index is 0.0314. The summed E-state index contributed by atoms with van der Waals surface area (Å²) in [6.07, 6.45) is 7.47. The molecule has 1 aliphatic heterocycles. The minimum Gasteiger partial charge on any atom is -0.482 e. The monoisotopic (exact) mass is 738 g/mol. The van der Waals surface area contributed by atoms with Crippen LogP contribution in [0.2, 0.25) is 0 Å². The van der Waals surface area contributed by atoms with Gasteiger partial charge in [0.05, 0.1) is 5.69 Å². The van der Waals surface area contributed by atoms with Crippen LogP contribution in [0.4, 0.5) is 11.4 Å². The molecule has 0 atom stereocenters. The number of carbonyl (C=O) groups is 5. The SMILES string of the molecule is CN(CCCCCCNC(=O)CCCCNC(=N)N)C(=O)c1ccc(NC(=O)c2ccc(CN(C(=O)c3ccc4c(c3)OCC(=O)N4)C3CC3)cc2)cc1. The van der Waals surface area contributed by atoms with Crippen LogP contribution < -0.4 is 31.7 Å². The molecule has 14 heteroatoms. The van der Waals surface area contributed by atoms with Crippen molar-refractivity contribution in [2.75, 3.05) is 43.9 Å². The summed E-state index contributed by atoms with van der Waals surface area (Å²) >= 11 is 0. The molecule has 1 aliphatic carbocycles. The zero-order chi connectivity index (χ0) is 38.5. The van der Waals surface area contributed by atoms with E-state index in [2.05, 4.69) is 21.3 Å². The first-order valence-electron chi connectivity index (χ1n) is 18.6. The van der Waals surface area contributed by atoms with Crippen LogP contribution in [0.5, 0.6) is 5.75 Å². The molecule has 0 spiro atoms. The van der Waals surface area contributed by atoms with Gasteiger partial charge in [-0.2, -0.15) is 0 Å². The highest BCUT2D eigenvalue weighted by molar-refractivity contribution is 6.04. The summed E-state index contributed by atoms with van der Waals surface area (Å²) in [4.78, 5) is 66.6. The van der Waals surface area contributed by atoms with Crippen LogP contribution in [0.25, 0.3) is 0 Å². The van der Waals surface area contributed by atoms with Crippen LogP contribution in [0.3, 0.4) is 0 Å². The molecule has 3 aromatic carbocycles. The van der Waals surface area contributed by atoms with Crippen molar-refractivity contribution in [2.24, 2.45) is 5.73 Å². The molecule has 0 aromatic heterocycles. The fourth-order valence-corrected chi connectivity index (χ4v) is 6.08. The molecule has 0 unspecified atom stereocenters. The summed E-state index contributed by atoms with van der Waals surface area (Å²) in [5, 5.41) is 18.4. The highest BCUT2D eigenvalue weighted by Crippen LogP contribution is 2.33. The molecule has 5 amide bonds. The fraction of sp³-hybridized carbons (Fsp3) is 0.400. The third kappa shape index (κ3) is 11.8. The van der Waals surface area contributed by atoms with Crippen molar-refractivity contribution in [1.29, 1.82) is 5.41 Å². The molecule has 14 nitrogen and oxygen atoms in total. The van der Waals surface area contributed by atoms with Crippen LogP contribution in [0.1, 0.15) is 94.4 Å². The van der Waals surface area contributed by atoms with E-state index in [1.165, 1.54) is 0 Å². The lowest BCUT2D eigenvalue weighted by molar-refractivity contribution is -0.121. The Morgan fingerprint density at radius 2 is 1.50 bits per heavy atom.